The molecule has 1 aromatic heterocycles. The Labute approximate surface area is 102 Å². The largest absolute Gasteiger partial charge is 0.409 e. The summed E-state index contributed by atoms with van der Waals surface area (Å²) in [6.07, 6.45) is 2.69. The summed E-state index contributed by atoms with van der Waals surface area (Å²) < 4.78 is 0. The van der Waals surface area contributed by atoms with Crippen molar-refractivity contribution in [2.75, 3.05) is 11.4 Å². The van der Waals surface area contributed by atoms with E-state index in [-0.39, 0.29) is 5.84 Å². The van der Waals surface area contributed by atoms with Gasteiger partial charge >= 0.3 is 0 Å². The molecule has 0 radical (unpaired) electrons. The van der Waals surface area contributed by atoms with Crippen LogP contribution in [0.2, 0.25) is 0 Å². The lowest BCUT2D eigenvalue weighted by molar-refractivity contribution is 0.318. The monoisotopic (exact) mass is 236 g/mol. The van der Waals surface area contributed by atoms with Gasteiger partial charge in [0.15, 0.2) is 5.84 Å². The highest BCUT2D eigenvalue weighted by molar-refractivity contribution is 5.96. The van der Waals surface area contributed by atoms with Gasteiger partial charge in [-0.3, -0.25) is 0 Å². The lowest BCUT2D eigenvalue weighted by Crippen LogP contribution is -2.33. The van der Waals surface area contributed by atoms with Gasteiger partial charge in [0.2, 0.25) is 0 Å². The van der Waals surface area contributed by atoms with Crippen LogP contribution in [0.1, 0.15) is 32.8 Å². The molecule has 94 valence electrons. The number of hydrogen-bond donors (Lipinski definition) is 2. The van der Waals surface area contributed by atoms with E-state index < -0.39 is 0 Å². The van der Waals surface area contributed by atoms with E-state index in [2.05, 4.69) is 35.8 Å². The molecule has 0 saturated heterocycles. The van der Waals surface area contributed by atoms with Gasteiger partial charge in [-0.2, -0.15) is 0 Å². The van der Waals surface area contributed by atoms with Crippen LogP contribution in [-0.2, 0) is 0 Å². The zero-order valence-electron chi connectivity index (χ0n) is 10.6. The first kappa shape index (κ1) is 13.3. The zero-order chi connectivity index (χ0) is 12.8. The first-order valence-corrected chi connectivity index (χ1v) is 5.84. The molecule has 5 heteroatoms. The molecule has 5 nitrogen and oxygen atoms in total. The highest BCUT2D eigenvalue weighted by Crippen LogP contribution is 2.15. The lowest BCUT2D eigenvalue weighted by Gasteiger charge is -2.28. The predicted molar refractivity (Wildman–Crippen MR) is 69.5 cm³/mol. The summed E-state index contributed by atoms with van der Waals surface area (Å²) in [4.78, 5) is 6.56. The van der Waals surface area contributed by atoms with Crippen molar-refractivity contribution in [3.8, 4) is 0 Å². The fourth-order valence-corrected chi connectivity index (χ4v) is 1.69. The molecule has 17 heavy (non-hydrogen) atoms. The molecule has 0 saturated carbocycles. The van der Waals surface area contributed by atoms with Gasteiger partial charge in [0.05, 0.1) is 0 Å². The van der Waals surface area contributed by atoms with E-state index in [9.17, 15) is 0 Å². The van der Waals surface area contributed by atoms with Gasteiger partial charge in [-0.1, -0.05) is 12.1 Å². The molecule has 1 atom stereocenters. The molecule has 0 spiro atoms. The molecule has 0 bridgehead atoms. The number of nitrogens with zero attached hydrogens (tertiary/aromatic N) is 3. The van der Waals surface area contributed by atoms with Crippen molar-refractivity contribution in [2.45, 2.75) is 33.2 Å². The Morgan fingerprint density at radius 2 is 2.24 bits per heavy atom. The van der Waals surface area contributed by atoms with E-state index in [4.69, 9.17) is 10.9 Å². The Balaban J connectivity index is 2.92. The Kier molecular flexibility index (Phi) is 4.75. The smallest absolute Gasteiger partial charge is 0.171 e. The second kappa shape index (κ2) is 6.08. The third kappa shape index (κ3) is 3.09. The van der Waals surface area contributed by atoms with E-state index in [1.165, 1.54) is 0 Å². The Morgan fingerprint density at radius 3 is 2.65 bits per heavy atom. The Morgan fingerprint density at radius 1 is 1.53 bits per heavy atom. The number of nitrogens with two attached hydrogens (primary N) is 1. The highest BCUT2D eigenvalue weighted by Gasteiger charge is 2.12. The minimum absolute atomic E-state index is 0.0793. The fourth-order valence-electron chi connectivity index (χ4n) is 1.69. The average molecular weight is 236 g/mol. The van der Waals surface area contributed by atoms with Gasteiger partial charge in [-0.05, 0) is 32.4 Å². The van der Waals surface area contributed by atoms with Crippen molar-refractivity contribution in [3.05, 3.63) is 23.9 Å². The second-order valence-corrected chi connectivity index (χ2v) is 3.93. The van der Waals surface area contributed by atoms with Gasteiger partial charge in [-0.25, -0.2) is 4.98 Å². The summed E-state index contributed by atoms with van der Waals surface area (Å²) >= 11 is 0. The molecule has 0 aliphatic rings. The van der Waals surface area contributed by atoms with Gasteiger partial charge in [0.1, 0.15) is 5.82 Å². The van der Waals surface area contributed by atoms with Crippen molar-refractivity contribution in [3.63, 3.8) is 0 Å². The average Bonchev–Trinajstić information content (AvgIpc) is 2.39. The number of pyridine rings is 1. The van der Waals surface area contributed by atoms with Gasteiger partial charge < -0.3 is 15.8 Å². The first-order valence-electron chi connectivity index (χ1n) is 5.84. The van der Waals surface area contributed by atoms with E-state index in [1.807, 2.05) is 12.1 Å². The molecule has 0 aliphatic carbocycles. The molecule has 0 aliphatic heterocycles. The number of aromatic nitrogens is 1. The van der Waals surface area contributed by atoms with Crippen LogP contribution in [0.15, 0.2) is 23.5 Å². The standard InChI is InChI=1S/C12H20N4O/c1-4-9(3)16(5-2)11-7-6-10(8-14-11)12(13)15-17/h6-9,17H,4-5H2,1-3H3,(H2,13,15). The van der Waals surface area contributed by atoms with Gasteiger partial charge in [0, 0.05) is 24.3 Å². The second-order valence-electron chi connectivity index (χ2n) is 3.93. The quantitative estimate of drug-likeness (QED) is 0.354. The van der Waals surface area contributed by atoms with Crippen molar-refractivity contribution in [2.24, 2.45) is 10.9 Å². The topological polar surface area (TPSA) is 74.7 Å². The summed E-state index contributed by atoms with van der Waals surface area (Å²) in [6.45, 7) is 7.33. The van der Waals surface area contributed by atoms with E-state index in [0.717, 1.165) is 18.8 Å². The van der Waals surface area contributed by atoms with Crippen LogP contribution in [-0.4, -0.2) is 28.6 Å². The Bertz CT molecular complexity index is 375. The Hall–Kier alpha value is -1.78. The third-order valence-corrected chi connectivity index (χ3v) is 2.91. The minimum atomic E-state index is 0.0793. The SMILES string of the molecule is CCC(C)N(CC)c1ccc(/C(N)=N/O)cn1. The summed E-state index contributed by atoms with van der Waals surface area (Å²) in [5.41, 5.74) is 6.11. The van der Waals surface area contributed by atoms with Crippen LogP contribution in [0.5, 0.6) is 0 Å². The number of amidine groups is 1. The van der Waals surface area contributed by atoms with Crippen molar-refractivity contribution < 1.29 is 5.21 Å². The number of anilines is 1. The number of oxime groups is 1. The summed E-state index contributed by atoms with van der Waals surface area (Å²) in [5, 5.41) is 11.5. The molecule has 1 rings (SSSR count). The minimum Gasteiger partial charge on any atom is -0.409 e. The number of rotatable bonds is 5. The van der Waals surface area contributed by atoms with Crippen molar-refractivity contribution >= 4 is 11.7 Å². The zero-order valence-corrected chi connectivity index (χ0v) is 10.6. The van der Waals surface area contributed by atoms with Crippen LogP contribution >= 0.6 is 0 Å². The van der Waals surface area contributed by atoms with Crippen LogP contribution in [0.3, 0.4) is 0 Å². The molecule has 0 amide bonds. The predicted octanol–water partition coefficient (Wildman–Crippen LogP) is 1.80. The number of hydrogen-bond acceptors (Lipinski definition) is 4. The summed E-state index contributed by atoms with van der Waals surface area (Å²) in [7, 11) is 0. The van der Waals surface area contributed by atoms with E-state index in [1.54, 1.807) is 6.20 Å². The molecule has 0 aromatic carbocycles. The molecule has 1 unspecified atom stereocenters. The van der Waals surface area contributed by atoms with Gasteiger partial charge in [0.25, 0.3) is 0 Å². The molecule has 3 N–H and O–H groups in total. The van der Waals surface area contributed by atoms with Crippen molar-refractivity contribution in [1.82, 2.24) is 4.98 Å². The molecular weight excluding hydrogens is 216 g/mol. The summed E-state index contributed by atoms with van der Waals surface area (Å²) in [6, 6.07) is 4.15. The molecule has 1 aromatic rings. The maximum Gasteiger partial charge on any atom is 0.171 e. The fraction of sp³-hybridized carbons (Fsp3) is 0.500. The van der Waals surface area contributed by atoms with Crippen LogP contribution in [0.4, 0.5) is 5.82 Å². The van der Waals surface area contributed by atoms with E-state index >= 15 is 0 Å². The van der Waals surface area contributed by atoms with Crippen LogP contribution in [0.25, 0.3) is 0 Å². The third-order valence-electron chi connectivity index (χ3n) is 2.91. The maximum atomic E-state index is 8.56. The van der Waals surface area contributed by atoms with Gasteiger partial charge in [-0.15, -0.1) is 0 Å². The van der Waals surface area contributed by atoms with Crippen LogP contribution in [0, 0.1) is 0 Å². The van der Waals surface area contributed by atoms with E-state index in [0.29, 0.717) is 11.6 Å². The van der Waals surface area contributed by atoms with Crippen LogP contribution < -0.4 is 10.6 Å². The molecular formula is C12H20N4O. The molecule has 0 fully saturated rings. The maximum absolute atomic E-state index is 8.56. The lowest BCUT2D eigenvalue weighted by atomic mass is 10.2. The highest BCUT2D eigenvalue weighted by atomic mass is 16.4. The first-order chi connectivity index (χ1) is 8.13. The van der Waals surface area contributed by atoms with Crippen molar-refractivity contribution in [1.29, 1.82) is 0 Å². The normalized spacial score (nSPS) is 13.5. The summed E-state index contributed by atoms with van der Waals surface area (Å²) in [5.74, 6) is 0.993. The molecule has 1 heterocycles.